The first-order valence-corrected chi connectivity index (χ1v) is 9.71. The zero-order chi connectivity index (χ0) is 24.7. The van der Waals surface area contributed by atoms with Crippen molar-refractivity contribution in [2.45, 2.75) is 43.3 Å². The van der Waals surface area contributed by atoms with E-state index >= 15 is 0 Å². The molecule has 16 nitrogen and oxygen atoms in total. The molecule has 0 bridgehead atoms. The number of nitrogens with one attached hydrogen (secondary N) is 5. The molecular formula is C17H25N7O9. The smallest absolute Gasteiger partial charge is 0.325 e. The average Bonchev–Trinajstić information content (AvgIpc) is 3.01. The highest BCUT2D eigenvalue weighted by atomic mass is 16.5. The molecule has 182 valence electrons. The van der Waals surface area contributed by atoms with Gasteiger partial charge < -0.3 is 47.4 Å². The van der Waals surface area contributed by atoms with E-state index in [1.54, 1.807) is 0 Å². The van der Waals surface area contributed by atoms with E-state index in [-0.39, 0.29) is 24.9 Å². The number of carbonyl (C=O) groups is 4. The molecule has 16 heteroatoms. The molecule has 1 aromatic heterocycles. The van der Waals surface area contributed by atoms with E-state index in [1.165, 1.54) is 0 Å². The number of carbonyl (C=O) groups excluding carboxylic acids is 4. The quantitative estimate of drug-likeness (QED) is 0.157. The van der Waals surface area contributed by atoms with Crippen LogP contribution in [0.15, 0.2) is 15.8 Å². The predicted molar refractivity (Wildman–Crippen MR) is 108 cm³/mol. The molecule has 1 aromatic rings. The number of aliphatic hydroxyl groups is 2. The Morgan fingerprint density at radius 1 is 1.12 bits per heavy atom. The molecule has 0 radical (unpaired) electrons. The van der Waals surface area contributed by atoms with Gasteiger partial charge >= 0.3 is 11.7 Å². The first-order chi connectivity index (χ1) is 15.5. The zero-order valence-corrected chi connectivity index (χ0v) is 17.2. The number of primary amides is 2. The Balaban J connectivity index is 2.01. The molecule has 11 N–H and O–H groups in total. The lowest BCUT2D eigenvalue weighted by Crippen LogP contribution is -2.52. The van der Waals surface area contributed by atoms with Gasteiger partial charge in [-0.15, -0.1) is 0 Å². The highest BCUT2D eigenvalue weighted by Crippen LogP contribution is 2.31. The maximum atomic E-state index is 12.5. The summed E-state index contributed by atoms with van der Waals surface area (Å²) < 4.78 is 5.49. The van der Waals surface area contributed by atoms with Crippen LogP contribution in [0.1, 0.15) is 24.5 Å². The van der Waals surface area contributed by atoms with Crippen molar-refractivity contribution in [1.82, 2.24) is 25.9 Å². The molecule has 0 aliphatic carbocycles. The average molecular weight is 471 g/mol. The number of H-pyrrole nitrogens is 2. The molecule has 5 amide bonds. The van der Waals surface area contributed by atoms with Crippen molar-refractivity contribution < 1.29 is 34.1 Å². The minimum absolute atomic E-state index is 0.136. The molecule has 0 spiro atoms. The lowest BCUT2D eigenvalue weighted by Gasteiger charge is -2.20. The number of aliphatic hydroxyl groups excluding tert-OH is 2. The summed E-state index contributed by atoms with van der Waals surface area (Å²) in [5.74, 6) is -2.24. The molecule has 2 heterocycles. The van der Waals surface area contributed by atoms with Crippen LogP contribution in [0.5, 0.6) is 0 Å². The number of aromatic amines is 2. The highest BCUT2D eigenvalue weighted by Gasteiger charge is 2.44. The number of hydrogen-bond donors (Lipinski definition) is 9. The standard InChI is InChI=1S/C17H25N7O9/c18-9(25)2-1-7(23-10(26)5-21-16(19)31)15(30)20-4-8-11(27)12(28)13(33-8)6-3-22-17(32)24-14(6)29/h3,7-8,11-13,27-28H,1-2,4-5H2,(H2,18,25)(H,20,30)(H,23,26)(H3,19,21,31)(H2,22,24,29,32)/t7?,8-,11-,12-,13+/m1/s1. The Morgan fingerprint density at radius 2 is 1.82 bits per heavy atom. The third-order valence-electron chi connectivity index (χ3n) is 4.75. The van der Waals surface area contributed by atoms with Gasteiger partial charge in [-0.3, -0.25) is 24.2 Å². The van der Waals surface area contributed by atoms with E-state index in [4.69, 9.17) is 16.2 Å². The zero-order valence-electron chi connectivity index (χ0n) is 17.2. The molecule has 0 saturated carbocycles. The van der Waals surface area contributed by atoms with Gasteiger partial charge in [-0.25, -0.2) is 9.59 Å². The van der Waals surface area contributed by atoms with Crippen molar-refractivity contribution in [1.29, 1.82) is 0 Å². The van der Waals surface area contributed by atoms with Crippen LogP contribution >= 0.6 is 0 Å². The number of urea groups is 1. The SMILES string of the molecule is NC(=O)CCC(NC(=O)CNC(N)=O)C(=O)NC[C@H]1O[C@@H](c2c[nH]c(=O)[nH]c2=O)[C@H](O)[C@@H]1O. The number of amides is 5. The summed E-state index contributed by atoms with van der Waals surface area (Å²) in [6.45, 7) is -0.848. The normalized spacial score (nSPS) is 22.8. The molecule has 1 unspecified atom stereocenters. The van der Waals surface area contributed by atoms with E-state index < -0.39 is 72.0 Å². The maximum Gasteiger partial charge on any atom is 0.325 e. The Kier molecular flexibility index (Phi) is 8.66. The summed E-state index contributed by atoms with van der Waals surface area (Å²) in [4.78, 5) is 73.5. The van der Waals surface area contributed by atoms with Crippen LogP contribution in [-0.4, -0.2) is 81.4 Å². The summed E-state index contributed by atoms with van der Waals surface area (Å²) >= 11 is 0. The first kappa shape index (κ1) is 25.5. The van der Waals surface area contributed by atoms with Gasteiger partial charge in [0.1, 0.15) is 30.5 Å². The van der Waals surface area contributed by atoms with Crippen LogP contribution in [0.2, 0.25) is 0 Å². The Bertz CT molecular complexity index is 1010. The van der Waals surface area contributed by atoms with Gasteiger partial charge in [-0.1, -0.05) is 0 Å². The van der Waals surface area contributed by atoms with Gasteiger partial charge in [0.15, 0.2) is 0 Å². The van der Waals surface area contributed by atoms with Crippen LogP contribution in [0, 0.1) is 0 Å². The summed E-state index contributed by atoms with van der Waals surface area (Å²) in [6.07, 6.45) is -4.82. The first-order valence-electron chi connectivity index (χ1n) is 9.71. The van der Waals surface area contributed by atoms with Gasteiger partial charge in [0.05, 0.1) is 12.1 Å². The molecule has 1 saturated heterocycles. The summed E-state index contributed by atoms with van der Waals surface area (Å²) in [6, 6.07) is -2.17. The summed E-state index contributed by atoms with van der Waals surface area (Å²) in [7, 11) is 0. The monoisotopic (exact) mass is 471 g/mol. The topological polar surface area (TPSA) is 272 Å². The van der Waals surface area contributed by atoms with Crippen LogP contribution in [0.4, 0.5) is 4.79 Å². The molecule has 1 aliphatic heterocycles. The van der Waals surface area contributed by atoms with Gasteiger partial charge in [0.25, 0.3) is 5.56 Å². The van der Waals surface area contributed by atoms with Gasteiger partial charge in [0, 0.05) is 19.2 Å². The van der Waals surface area contributed by atoms with E-state index in [0.29, 0.717) is 0 Å². The van der Waals surface area contributed by atoms with Crippen molar-refractivity contribution in [3.63, 3.8) is 0 Å². The highest BCUT2D eigenvalue weighted by molar-refractivity contribution is 5.90. The third kappa shape index (κ3) is 7.13. The van der Waals surface area contributed by atoms with Crippen LogP contribution in [0.25, 0.3) is 0 Å². The van der Waals surface area contributed by atoms with Crippen molar-refractivity contribution in [3.8, 4) is 0 Å². The number of rotatable bonds is 10. The van der Waals surface area contributed by atoms with Crippen LogP contribution in [0.3, 0.4) is 0 Å². The second-order valence-electron chi connectivity index (χ2n) is 7.19. The predicted octanol–water partition coefficient (Wildman–Crippen LogP) is -5.24. The summed E-state index contributed by atoms with van der Waals surface area (Å²) in [5, 5.41) is 27.2. The number of aromatic nitrogens is 2. The molecule has 0 aromatic carbocycles. The molecule has 2 rings (SSSR count). The second-order valence-corrected chi connectivity index (χ2v) is 7.19. The minimum Gasteiger partial charge on any atom is -0.388 e. The molecular weight excluding hydrogens is 446 g/mol. The van der Waals surface area contributed by atoms with Gasteiger partial charge in [0.2, 0.25) is 17.7 Å². The van der Waals surface area contributed by atoms with Gasteiger partial charge in [-0.05, 0) is 6.42 Å². The lowest BCUT2D eigenvalue weighted by atomic mass is 10.0. The largest absolute Gasteiger partial charge is 0.388 e. The fourth-order valence-electron chi connectivity index (χ4n) is 3.10. The van der Waals surface area contributed by atoms with E-state index in [0.717, 1.165) is 6.20 Å². The fraction of sp³-hybridized carbons (Fsp3) is 0.529. The van der Waals surface area contributed by atoms with E-state index in [9.17, 15) is 39.0 Å². The number of hydrogen-bond acceptors (Lipinski definition) is 9. The van der Waals surface area contributed by atoms with Crippen molar-refractivity contribution in [2.75, 3.05) is 13.1 Å². The van der Waals surface area contributed by atoms with Crippen molar-refractivity contribution in [2.24, 2.45) is 11.5 Å². The van der Waals surface area contributed by atoms with Crippen molar-refractivity contribution in [3.05, 3.63) is 32.6 Å². The van der Waals surface area contributed by atoms with Crippen LogP contribution < -0.4 is 38.7 Å². The van der Waals surface area contributed by atoms with Gasteiger partial charge in [-0.2, -0.15) is 0 Å². The number of ether oxygens (including phenoxy) is 1. The lowest BCUT2D eigenvalue weighted by molar-refractivity contribution is -0.129. The Labute approximate surface area is 185 Å². The van der Waals surface area contributed by atoms with E-state index in [2.05, 4.69) is 15.6 Å². The molecule has 1 fully saturated rings. The molecule has 5 atom stereocenters. The summed E-state index contributed by atoms with van der Waals surface area (Å²) in [5.41, 5.74) is 8.23. The Hall–Kier alpha value is -3.76. The molecule has 1 aliphatic rings. The molecule has 33 heavy (non-hydrogen) atoms. The van der Waals surface area contributed by atoms with Crippen LogP contribution in [-0.2, 0) is 19.1 Å². The van der Waals surface area contributed by atoms with E-state index in [1.807, 2.05) is 10.3 Å². The maximum absolute atomic E-state index is 12.5. The number of nitrogens with two attached hydrogens (primary N) is 2. The fourth-order valence-corrected chi connectivity index (χ4v) is 3.10. The Morgan fingerprint density at radius 3 is 2.42 bits per heavy atom. The third-order valence-corrected chi connectivity index (χ3v) is 4.75. The minimum atomic E-state index is -1.54. The second kappa shape index (κ2) is 11.2. The van der Waals surface area contributed by atoms with Crippen molar-refractivity contribution >= 4 is 23.8 Å².